The van der Waals surface area contributed by atoms with E-state index in [9.17, 15) is 5.11 Å². The standard InChI is InChI=1S/C15H26N4O/c1-11(2)18-8-4-3-7-13(18)15-17-16-14-12(10-20)6-5-9-19(14)15/h11-13,20H,3-10H2,1-2H3. The molecule has 2 aliphatic rings. The Kier molecular flexibility index (Phi) is 4.08. The van der Waals surface area contributed by atoms with Crippen LogP contribution >= 0.6 is 0 Å². The summed E-state index contributed by atoms with van der Waals surface area (Å²) in [5.74, 6) is 2.32. The highest BCUT2D eigenvalue weighted by Crippen LogP contribution is 2.34. The zero-order chi connectivity index (χ0) is 14.1. The number of aliphatic hydroxyl groups excluding tert-OH is 1. The molecule has 20 heavy (non-hydrogen) atoms. The first-order chi connectivity index (χ1) is 9.72. The predicted octanol–water partition coefficient (Wildman–Crippen LogP) is 2.08. The smallest absolute Gasteiger partial charge is 0.150 e. The summed E-state index contributed by atoms with van der Waals surface area (Å²) in [5.41, 5.74) is 0. The minimum atomic E-state index is 0.182. The van der Waals surface area contributed by atoms with Gasteiger partial charge in [-0.15, -0.1) is 10.2 Å². The van der Waals surface area contributed by atoms with Crippen LogP contribution in [0.3, 0.4) is 0 Å². The molecule has 2 atom stereocenters. The lowest BCUT2D eigenvalue weighted by Gasteiger charge is -2.38. The molecule has 0 spiro atoms. The fraction of sp³-hybridized carbons (Fsp3) is 0.867. The molecule has 112 valence electrons. The van der Waals surface area contributed by atoms with E-state index in [0.29, 0.717) is 12.1 Å². The first kappa shape index (κ1) is 14.0. The number of rotatable bonds is 3. The van der Waals surface area contributed by atoms with Gasteiger partial charge in [0, 0.05) is 18.5 Å². The summed E-state index contributed by atoms with van der Waals surface area (Å²) in [7, 11) is 0. The highest BCUT2D eigenvalue weighted by molar-refractivity contribution is 5.09. The zero-order valence-corrected chi connectivity index (χ0v) is 12.6. The van der Waals surface area contributed by atoms with Gasteiger partial charge in [-0.05, 0) is 46.1 Å². The largest absolute Gasteiger partial charge is 0.396 e. The Labute approximate surface area is 121 Å². The summed E-state index contributed by atoms with van der Waals surface area (Å²) < 4.78 is 2.29. The van der Waals surface area contributed by atoms with E-state index in [1.165, 1.54) is 19.3 Å². The fourth-order valence-electron chi connectivity index (χ4n) is 3.75. The Hall–Kier alpha value is -0.940. The van der Waals surface area contributed by atoms with Gasteiger partial charge in [0.05, 0.1) is 12.6 Å². The lowest BCUT2D eigenvalue weighted by atomic mass is 9.97. The number of likely N-dealkylation sites (tertiary alicyclic amines) is 1. The molecule has 1 aromatic rings. The van der Waals surface area contributed by atoms with Crippen LogP contribution in [0.15, 0.2) is 0 Å². The average molecular weight is 278 g/mol. The van der Waals surface area contributed by atoms with Gasteiger partial charge in [0.1, 0.15) is 11.6 Å². The number of piperidine rings is 1. The third kappa shape index (κ3) is 2.37. The number of fused-ring (bicyclic) bond motifs is 1. The van der Waals surface area contributed by atoms with E-state index in [2.05, 4.69) is 33.5 Å². The van der Waals surface area contributed by atoms with Crippen molar-refractivity contribution in [3.05, 3.63) is 11.6 Å². The number of aliphatic hydroxyl groups is 1. The summed E-state index contributed by atoms with van der Waals surface area (Å²) in [6.07, 6.45) is 5.90. The van der Waals surface area contributed by atoms with Crippen molar-refractivity contribution in [3.8, 4) is 0 Å². The van der Waals surface area contributed by atoms with Gasteiger partial charge in [-0.2, -0.15) is 0 Å². The maximum absolute atomic E-state index is 9.51. The Bertz CT molecular complexity index is 457. The summed E-state index contributed by atoms with van der Waals surface area (Å²) in [6.45, 7) is 6.89. The van der Waals surface area contributed by atoms with Crippen molar-refractivity contribution in [3.63, 3.8) is 0 Å². The van der Waals surface area contributed by atoms with E-state index in [1.54, 1.807) is 0 Å². The molecule has 2 aliphatic heterocycles. The van der Waals surface area contributed by atoms with Crippen LogP contribution in [0.2, 0.25) is 0 Å². The average Bonchev–Trinajstić information content (AvgIpc) is 2.90. The molecule has 5 nitrogen and oxygen atoms in total. The van der Waals surface area contributed by atoms with Gasteiger partial charge in [-0.1, -0.05) is 6.42 Å². The molecular weight excluding hydrogens is 252 g/mol. The van der Waals surface area contributed by atoms with Crippen molar-refractivity contribution >= 4 is 0 Å². The molecule has 0 saturated carbocycles. The van der Waals surface area contributed by atoms with Crippen molar-refractivity contribution in [1.82, 2.24) is 19.7 Å². The third-order valence-corrected chi connectivity index (χ3v) is 4.83. The van der Waals surface area contributed by atoms with Crippen LogP contribution in [0.25, 0.3) is 0 Å². The molecule has 5 heteroatoms. The highest BCUT2D eigenvalue weighted by atomic mass is 16.3. The Morgan fingerprint density at radius 2 is 1.90 bits per heavy atom. The molecule has 1 saturated heterocycles. The molecule has 1 aromatic heterocycles. The van der Waals surface area contributed by atoms with E-state index in [1.807, 2.05) is 0 Å². The molecule has 1 fully saturated rings. The Morgan fingerprint density at radius 3 is 2.65 bits per heavy atom. The number of nitrogens with zero attached hydrogens (tertiary/aromatic N) is 4. The van der Waals surface area contributed by atoms with Crippen LogP contribution in [0.1, 0.15) is 69.6 Å². The van der Waals surface area contributed by atoms with E-state index in [4.69, 9.17) is 0 Å². The molecule has 2 unspecified atom stereocenters. The van der Waals surface area contributed by atoms with Gasteiger partial charge >= 0.3 is 0 Å². The monoisotopic (exact) mass is 278 g/mol. The first-order valence-corrected chi connectivity index (χ1v) is 8.02. The Morgan fingerprint density at radius 1 is 1.10 bits per heavy atom. The minimum absolute atomic E-state index is 0.182. The molecule has 0 radical (unpaired) electrons. The van der Waals surface area contributed by atoms with Crippen molar-refractivity contribution < 1.29 is 5.11 Å². The van der Waals surface area contributed by atoms with Gasteiger partial charge < -0.3 is 9.67 Å². The fourth-order valence-corrected chi connectivity index (χ4v) is 3.75. The molecule has 3 heterocycles. The summed E-state index contributed by atoms with van der Waals surface area (Å²) in [6, 6.07) is 0.952. The zero-order valence-electron chi connectivity index (χ0n) is 12.6. The number of hydrogen-bond acceptors (Lipinski definition) is 4. The molecule has 0 aromatic carbocycles. The summed E-state index contributed by atoms with van der Waals surface area (Å²) in [4.78, 5) is 2.56. The van der Waals surface area contributed by atoms with E-state index >= 15 is 0 Å². The molecule has 1 N–H and O–H groups in total. The number of aromatic nitrogens is 3. The molecular formula is C15H26N4O. The minimum Gasteiger partial charge on any atom is -0.396 e. The normalized spacial score (nSPS) is 27.8. The SMILES string of the molecule is CC(C)N1CCCCC1c1nnc2n1CCCC2CO. The van der Waals surface area contributed by atoms with Crippen LogP contribution in [-0.4, -0.2) is 44.0 Å². The van der Waals surface area contributed by atoms with Crippen LogP contribution < -0.4 is 0 Å². The van der Waals surface area contributed by atoms with Crippen molar-refractivity contribution in [2.75, 3.05) is 13.2 Å². The van der Waals surface area contributed by atoms with E-state index < -0.39 is 0 Å². The Balaban J connectivity index is 1.91. The van der Waals surface area contributed by atoms with Gasteiger partial charge in [0.2, 0.25) is 0 Å². The lowest BCUT2D eigenvalue weighted by Crippen LogP contribution is -2.40. The quantitative estimate of drug-likeness (QED) is 0.920. The second-order valence-electron chi connectivity index (χ2n) is 6.43. The van der Waals surface area contributed by atoms with Crippen LogP contribution in [0, 0.1) is 0 Å². The maximum Gasteiger partial charge on any atom is 0.150 e. The molecule has 0 bridgehead atoms. The second kappa shape index (κ2) is 5.82. The predicted molar refractivity (Wildman–Crippen MR) is 77.5 cm³/mol. The van der Waals surface area contributed by atoms with Crippen LogP contribution in [0.4, 0.5) is 0 Å². The maximum atomic E-state index is 9.51. The molecule has 3 rings (SSSR count). The van der Waals surface area contributed by atoms with Crippen molar-refractivity contribution in [2.45, 2.75) is 70.5 Å². The summed E-state index contributed by atoms with van der Waals surface area (Å²) >= 11 is 0. The van der Waals surface area contributed by atoms with Crippen LogP contribution in [0.5, 0.6) is 0 Å². The van der Waals surface area contributed by atoms with Gasteiger partial charge in [0.25, 0.3) is 0 Å². The van der Waals surface area contributed by atoms with Crippen LogP contribution in [-0.2, 0) is 6.54 Å². The van der Waals surface area contributed by atoms with Crippen molar-refractivity contribution in [1.29, 1.82) is 0 Å². The van der Waals surface area contributed by atoms with Gasteiger partial charge in [-0.25, -0.2) is 0 Å². The third-order valence-electron chi connectivity index (χ3n) is 4.83. The molecule has 0 amide bonds. The van der Waals surface area contributed by atoms with E-state index in [0.717, 1.165) is 37.6 Å². The first-order valence-electron chi connectivity index (χ1n) is 8.02. The molecule has 0 aliphatic carbocycles. The highest BCUT2D eigenvalue weighted by Gasteiger charge is 2.33. The second-order valence-corrected chi connectivity index (χ2v) is 6.43. The van der Waals surface area contributed by atoms with E-state index in [-0.39, 0.29) is 12.5 Å². The lowest BCUT2D eigenvalue weighted by molar-refractivity contribution is 0.102. The summed E-state index contributed by atoms with van der Waals surface area (Å²) in [5, 5.41) is 18.4. The van der Waals surface area contributed by atoms with Gasteiger partial charge in [-0.3, -0.25) is 4.90 Å². The topological polar surface area (TPSA) is 54.2 Å². The van der Waals surface area contributed by atoms with Gasteiger partial charge in [0.15, 0.2) is 0 Å². The van der Waals surface area contributed by atoms with Crippen molar-refractivity contribution in [2.24, 2.45) is 0 Å². The number of hydrogen-bond donors (Lipinski definition) is 1.